The maximum absolute atomic E-state index is 11.6. The van der Waals surface area contributed by atoms with Gasteiger partial charge in [0, 0.05) is 10.1 Å². The number of rotatable bonds is 4. The maximum atomic E-state index is 11.6. The smallest absolute Gasteiger partial charge is 0.266 e. The molecule has 0 heterocycles. The van der Waals surface area contributed by atoms with Gasteiger partial charge in [-0.3, -0.25) is 9.35 Å². The zero-order valence-electron chi connectivity index (χ0n) is 8.18. The molecule has 5 nitrogen and oxygen atoms in total. The molecule has 0 radical (unpaired) electrons. The Morgan fingerprint density at radius 1 is 1.38 bits per heavy atom. The first-order valence-electron chi connectivity index (χ1n) is 4.38. The van der Waals surface area contributed by atoms with Gasteiger partial charge in [0.2, 0.25) is 0 Å². The topological polar surface area (TPSA) is 83.5 Å². The molecule has 16 heavy (non-hydrogen) atoms. The van der Waals surface area contributed by atoms with Crippen molar-refractivity contribution in [1.82, 2.24) is 5.32 Å². The van der Waals surface area contributed by atoms with Crippen molar-refractivity contribution in [3.8, 4) is 0 Å². The van der Waals surface area contributed by atoms with Crippen molar-refractivity contribution >= 4 is 38.6 Å². The third-order valence-electron chi connectivity index (χ3n) is 1.76. The molecule has 7 heteroatoms. The van der Waals surface area contributed by atoms with E-state index in [1.807, 2.05) is 22.6 Å². The van der Waals surface area contributed by atoms with Crippen LogP contribution in [0.2, 0.25) is 0 Å². The first-order chi connectivity index (χ1) is 7.40. The number of halogens is 1. The number of hydrogen-bond acceptors (Lipinski definition) is 3. The van der Waals surface area contributed by atoms with Gasteiger partial charge >= 0.3 is 0 Å². The third kappa shape index (κ3) is 4.45. The van der Waals surface area contributed by atoms with Crippen LogP contribution in [0.1, 0.15) is 10.4 Å². The maximum Gasteiger partial charge on any atom is 0.266 e. The fraction of sp³-hybridized carbons (Fsp3) is 0.222. The van der Waals surface area contributed by atoms with Crippen LogP contribution in [0.15, 0.2) is 24.3 Å². The predicted octanol–water partition coefficient (Wildman–Crippen LogP) is 0.909. The van der Waals surface area contributed by atoms with Gasteiger partial charge in [-0.2, -0.15) is 8.42 Å². The lowest BCUT2D eigenvalue weighted by atomic mass is 10.2. The number of carbonyl (C=O) groups is 1. The summed E-state index contributed by atoms with van der Waals surface area (Å²) >= 11 is 2.02. The summed E-state index contributed by atoms with van der Waals surface area (Å²) in [6.07, 6.45) is 0. The molecule has 0 aliphatic heterocycles. The molecule has 0 saturated carbocycles. The Labute approximate surface area is 107 Å². The lowest BCUT2D eigenvalue weighted by molar-refractivity contribution is 0.0955. The Bertz CT molecular complexity index is 486. The fourth-order valence-corrected chi connectivity index (χ4v) is 2.03. The molecule has 1 rings (SSSR count). The molecule has 0 aromatic heterocycles. The van der Waals surface area contributed by atoms with Crippen molar-refractivity contribution in [3.05, 3.63) is 33.4 Å². The fourth-order valence-electron chi connectivity index (χ4n) is 1.03. The summed E-state index contributed by atoms with van der Waals surface area (Å²) in [5.41, 5.74) is 0.485. The molecule has 0 atom stereocenters. The standard InChI is InChI=1S/C9H10INO4S/c10-8-4-2-1-3-7(8)9(12)11-5-6-16(13,14)15/h1-4H,5-6H2,(H,11,12)(H,13,14,15). The molecule has 0 aliphatic carbocycles. The van der Waals surface area contributed by atoms with Gasteiger partial charge in [0.1, 0.15) is 0 Å². The van der Waals surface area contributed by atoms with Gasteiger partial charge in [-0.15, -0.1) is 0 Å². The monoisotopic (exact) mass is 355 g/mol. The van der Waals surface area contributed by atoms with E-state index in [1.54, 1.807) is 24.3 Å². The Morgan fingerprint density at radius 3 is 2.56 bits per heavy atom. The van der Waals surface area contributed by atoms with Crippen molar-refractivity contribution < 1.29 is 17.8 Å². The van der Waals surface area contributed by atoms with E-state index in [4.69, 9.17) is 4.55 Å². The molecular weight excluding hydrogens is 345 g/mol. The van der Waals surface area contributed by atoms with E-state index in [0.29, 0.717) is 5.56 Å². The summed E-state index contributed by atoms with van der Waals surface area (Å²) in [5, 5.41) is 2.41. The zero-order chi connectivity index (χ0) is 12.2. The molecule has 1 aromatic carbocycles. The van der Waals surface area contributed by atoms with Crippen LogP contribution in [0.5, 0.6) is 0 Å². The highest BCUT2D eigenvalue weighted by molar-refractivity contribution is 14.1. The lowest BCUT2D eigenvalue weighted by Gasteiger charge is -2.05. The second-order valence-electron chi connectivity index (χ2n) is 3.02. The minimum absolute atomic E-state index is 0.108. The predicted molar refractivity (Wildman–Crippen MR) is 67.9 cm³/mol. The van der Waals surface area contributed by atoms with E-state index in [0.717, 1.165) is 3.57 Å². The van der Waals surface area contributed by atoms with Crippen LogP contribution in [0.3, 0.4) is 0 Å². The van der Waals surface area contributed by atoms with Gasteiger partial charge in [0.05, 0.1) is 11.3 Å². The Hall–Kier alpha value is -0.670. The molecule has 0 saturated heterocycles. The molecule has 1 aromatic rings. The van der Waals surface area contributed by atoms with Crippen LogP contribution in [-0.2, 0) is 10.1 Å². The first kappa shape index (κ1) is 13.4. The van der Waals surface area contributed by atoms with Crippen molar-refractivity contribution in [3.63, 3.8) is 0 Å². The number of nitrogens with one attached hydrogen (secondary N) is 1. The van der Waals surface area contributed by atoms with Gasteiger partial charge < -0.3 is 5.32 Å². The Balaban J connectivity index is 2.57. The summed E-state index contributed by atoms with van der Waals surface area (Å²) < 4.78 is 30.1. The normalized spacial score (nSPS) is 11.1. The highest BCUT2D eigenvalue weighted by Gasteiger charge is 2.10. The van der Waals surface area contributed by atoms with Crippen molar-refractivity contribution in [2.24, 2.45) is 0 Å². The summed E-state index contributed by atoms with van der Waals surface area (Å²) in [6, 6.07) is 6.94. The van der Waals surface area contributed by atoms with Crippen LogP contribution in [0.25, 0.3) is 0 Å². The van der Waals surface area contributed by atoms with Crippen LogP contribution in [-0.4, -0.2) is 31.2 Å². The number of hydrogen-bond donors (Lipinski definition) is 2. The zero-order valence-corrected chi connectivity index (χ0v) is 11.2. The SMILES string of the molecule is O=C(NCCS(=O)(=O)O)c1ccccc1I. The van der Waals surface area contributed by atoms with Crippen LogP contribution in [0.4, 0.5) is 0 Å². The first-order valence-corrected chi connectivity index (χ1v) is 7.07. The average molecular weight is 355 g/mol. The summed E-state index contributed by atoms with van der Waals surface area (Å²) in [6.45, 7) is -0.108. The van der Waals surface area contributed by atoms with Crippen LogP contribution < -0.4 is 5.32 Å². The highest BCUT2D eigenvalue weighted by Crippen LogP contribution is 2.10. The Morgan fingerprint density at radius 2 is 2.00 bits per heavy atom. The molecule has 1 amide bonds. The van der Waals surface area contributed by atoms with Crippen molar-refractivity contribution in [1.29, 1.82) is 0 Å². The van der Waals surface area contributed by atoms with Gasteiger partial charge in [-0.1, -0.05) is 12.1 Å². The minimum atomic E-state index is -4.03. The van der Waals surface area contributed by atoms with E-state index in [-0.39, 0.29) is 12.5 Å². The molecule has 2 N–H and O–H groups in total. The van der Waals surface area contributed by atoms with E-state index in [9.17, 15) is 13.2 Å². The van der Waals surface area contributed by atoms with Crippen molar-refractivity contribution in [2.45, 2.75) is 0 Å². The van der Waals surface area contributed by atoms with Gasteiger partial charge in [-0.25, -0.2) is 0 Å². The lowest BCUT2D eigenvalue weighted by Crippen LogP contribution is -2.29. The summed E-state index contributed by atoms with van der Waals surface area (Å²) in [5.74, 6) is -0.837. The second kappa shape index (κ2) is 5.60. The second-order valence-corrected chi connectivity index (χ2v) is 5.76. The minimum Gasteiger partial charge on any atom is -0.351 e. The van der Waals surface area contributed by atoms with E-state index in [2.05, 4.69) is 5.32 Å². The quantitative estimate of drug-likeness (QED) is 0.621. The molecule has 0 fully saturated rings. The molecule has 0 unspecified atom stereocenters. The molecule has 0 spiro atoms. The molecule has 0 aliphatic rings. The van der Waals surface area contributed by atoms with Crippen LogP contribution >= 0.6 is 22.6 Å². The summed E-state index contributed by atoms with van der Waals surface area (Å²) in [4.78, 5) is 11.6. The van der Waals surface area contributed by atoms with Crippen LogP contribution in [0, 0.1) is 3.57 Å². The summed E-state index contributed by atoms with van der Waals surface area (Å²) in [7, 11) is -4.03. The van der Waals surface area contributed by atoms with E-state index in [1.165, 1.54) is 0 Å². The number of carbonyl (C=O) groups excluding carboxylic acids is 1. The Kier molecular flexibility index (Phi) is 4.69. The van der Waals surface area contributed by atoms with Crippen molar-refractivity contribution in [2.75, 3.05) is 12.3 Å². The third-order valence-corrected chi connectivity index (χ3v) is 3.42. The highest BCUT2D eigenvalue weighted by atomic mass is 127. The molecular formula is C9H10INO4S. The number of amides is 1. The van der Waals surface area contributed by atoms with E-state index < -0.39 is 15.9 Å². The molecule has 88 valence electrons. The van der Waals surface area contributed by atoms with Gasteiger partial charge in [-0.05, 0) is 34.7 Å². The largest absolute Gasteiger partial charge is 0.351 e. The van der Waals surface area contributed by atoms with Gasteiger partial charge in [0.25, 0.3) is 16.0 Å². The molecule has 0 bridgehead atoms. The van der Waals surface area contributed by atoms with Gasteiger partial charge in [0.15, 0.2) is 0 Å². The number of benzene rings is 1. The van der Waals surface area contributed by atoms with E-state index >= 15 is 0 Å². The average Bonchev–Trinajstić information content (AvgIpc) is 2.16.